The predicted molar refractivity (Wildman–Crippen MR) is 92.5 cm³/mol. The summed E-state index contributed by atoms with van der Waals surface area (Å²) in [6.07, 6.45) is 5.62. The van der Waals surface area contributed by atoms with Crippen LogP contribution in [0, 0.1) is 5.41 Å². The number of aliphatic hydroxyl groups is 1. The summed E-state index contributed by atoms with van der Waals surface area (Å²) in [4.78, 5) is 14.4. The molecule has 7 nitrogen and oxygen atoms in total. The van der Waals surface area contributed by atoms with Crippen LogP contribution in [-0.2, 0) is 17.8 Å². The van der Waals surface area contributed by atoms with Crippen LogP contribution >= 0.6 is 0 Å². The molecule has 1 N–H and O–H groups in total. The normalized spacial score (nSPS) is 20.6. The number of nitrogens with zero attached hydrogens (tertiary/aromatic N) is 5. The van der Waals surface area contributed by atoms with Crippen molar-refractivity contribution >= 4 is 5.91 Å². The number of hydrogen-bond donors (Lipinski definition) is 1. The Bertz CT molecular complexity index is 661. The van der Waals surface area contributed by atoms with E-state index in [0.29, 0.717) is 19.5 Å². The number of aromatic nitrogens is 4. The van der Waals surface area contributed by atoms with Crippen molar-refractivity contribution < 1.29 is 9.90 Å². The topological polar surface area (TPSA) is 84.1 Å². The monoisotopic (exact) mass is 343 g/mol. The zero-order valence-electron chi connectivity index (χ0n) is 14.4. The number of carbonyl (C=O) groups is 1. The molecule has 0 spiro atoms. The number of rotatable bonds is 7. The van der Waals surface area contributed by atoms with Gasteiger partial charge < -0.3 is 10.0 Å². The third-order valence-electron chi connectivity index (χ3n) is 5.08. The maximum atomic E-state index is 12.5. The minimum absolute atomic E-state index is 0.104. The Balaban J connectivity index is 1.56. The summed E-state index contributed by atoms with van der Waals surface area (Å²) in [6.45, 7) is 2.00. The van der Waals surface area contributed by atoms with Gasteiger partial charge in [-0.3, -0.25) is 4.79 Å². The summed E-state index contributed by atoms with van der Waals surface area (Å²) < 4.78 is 1.57. The number of aliphatic hydroxyl groups excluding tert-OH is 1. The number of aryl methyl sites for hydroxylation is 2. The number of likely N-dealkylation sites (tertiary alicyclic amines) is 1. The van der Waals surface area contributed by atoms with Crippen LogP contribution in [0.5, 0.6) is 0 Å². The molecule has 1 saturated heterocycles. The molecule has 1 aliphatic rings. The zero-order chi connectivity index (χ0) is 17.5. The van der Waals surface area contributed by atoms with Crippen LogP contribution in [0.1, 0.15) is 31.2 Å². The van der Waals surface area contributed by atoms with Gasteiger partial charge in [-0.15, -0.1) is 5.10 Å². The van der Waals surface area contributed by atoms with Crippen molar-refractivity contribution in [3.63, 3.8) is 0 Å². The fourth-order valence-electron chi connectivity index (χ4n) is 3.54. The van der Waals surface area contributed by atoms with E-state index in [1.54, 1.807) is 4.68 Å². The molecule has 1 aromatic heterocycles. The van der Waals surface area contributed by atoms with Gasteiger partial charge in [-0.05, 0) is 41.7 Å². The maximum absolute atomic E-state index is 12.5. The number of carbonyl (C=O) groups excluding carboxylic acids is 1. The average molecular weight is 343 g/mol. The molecular weight excluding hydrogens is 318 g/mol. The first-order chi connectivity index (χ1) is 12.2. The lowest BCUT2D eigenvalue weighted by Crippen LogP contribution is -2.48. The molecule has 0 aliphatic carbocycles. The van der Waals surface area contributed by atoms with Crippen LogP contribution in [0.2, 0.25) is 0 Å². The van der Waals surface area contributed by atoms with Crippen LogP contribution in [0.3, 0.4) is 0 Å². The van der Waals surface area contributed by atoms with Crippen LogP contribution in [0.25, 0.3) is 0 Å². The Hall–Kier alpha value is -2.28. The quantitative estimate of drug-likeness (QED) is 0.819. The lowest BCUT2D eigenvalue weighted by Gasteiger charge is -2.42. The minimum Gasteiger partial charge on any atom is -0.396 e. The fraction of sp³-hybridized carbons (Fsp3) is 0.556. The molecule has 2 aromatic rings. The van der Waals surface area contributed by atoms with Crippen molar-refractivity contribution in [2.45, 2.75) is 38.6 Å². The Labute approximate surface area is 147 Å². The molecule has 7 heteroatoms. The molecule has 0 radical (unpaired) electrons. The molecule has 1 aromatic carbocycles. The smallest absolute Gasteiger partial charge is 0.224 e. The second-order valence-corrected chi connectivity index (χ2v) is 6.89. The van der Waals surface area contributed by atoms with Gasteiger partial charge in [0.15, 0.2) is 0 Å². The lowest BCUT2D eigenvalue weighted by atomic mass is 9.76. The second kappa shape index (κ2) is 8.20. The van der Waals surface area contributed by atoms with E-state index in [1.807, 2.05) is 23.1 Å². The van der Waals surface area contributed by atoms with E-state index >= 15 is 0 Å². The van der Waals surface area contributed by atoms with Crippen LogP contribution < -0.4 is 0 Å². The summed E-state index contributed by atoms with van der Waals surface area (Å²) in [5.41, 5.74) is 1.08. The number of piperidine rings is 1. The Morgan fingerprint density at radius 3 is 2.84 bits per heavy atom. The van der Waals surface area contributed by atoms with E-state index in [4.69, 9.17) is 0 Å². The summed E-state index contributed by atoms with van der Waals surface area (Å²) >= 11 is 0. The third-order valence-corrected chi connectivity index (χ3v) is 5.08. The number of hydrogen-bond acceptors (Lipinski definition) is 5. The second-order valence-electron chi connectivity index (χ2n) is 6.89. The fourth-order valence-corrected chi connectivity index (χ4v) is 3.54. The molecule has 0 saturated carbocycles. The van der Waals surface area contributed by atoms with Gasteiger partial charge in [0.2, 0.25) is 5.91 Å². The van der Waals surface area contributed by atoms with Crippen molar-refractivity contribution in [3.05, 3.63) is 42.2 Å². The summed E-state index contributed by atoms with van der Waals surface area (Å²) in [5.74, 6) is 0.104. The first kappa shape index (κ1) is 17.5. The van der Waals surface area contributed by atoms with Gasteiger partial charge >= 0.3 is 0 Å². The van der Waals surface area contributed by atoms with Gasteiger partial charge in [-0.25, -0.2) is 4.68 Å². The van der Waals surface area contributed by atoms with Gasteiger partial charge in [0, 0.05) is 24.9 Å². The predicted octanol–water partition coefficient (Wildman–Crippen LogP) is 1.30. The SMILES string of the molecule is O=C(CCn1cnnn1)N1CCC[C@](CO)(CCc2ccccc2)C1. The molecule has 25 heavy (non-hydrogen) atoms. The van der Waals surface area contributed by atoms with Gasteiger partial charge in [-0.1, -0.05) is 30.3 Å². The van der Waals surface area contributed by atoms with Crippen molar-refractivity contribution in [1.29, 1.82) is 0 Å². The van der Waals surface area contributed by atoms with E-state index in [9.17, 15) is 9.90 Å². The van der Waals surface area contributed by atoms with E-state index in [2.05, 4.69) is 27.7 Å². The van der Waals surface area contributed by atoms with E-state index in [-0.39, 0.29) is 17.9 Å². The molecule has 0 bridgehead atoms. The number of tetrazole rings is 1. The highest BCUT2D eigenvalue weighted by atomic mass is 16.3. The highest BCUT2D eigenvalue weighted by Crippen LogP contribution is 2.34. The van der Waals surface area contributed by atoms with Crippen LogP contribution in [0.15, 0.2) is 36.7 Å². The third kappa shape index (κ3) is 4.63. The summed E-state index contributed by atoms with van der Waals surface area (Å²) in [6, 6.07) is 10.3. The van der Waals surface area contributed by atoms with Crippen molar-refractivity contribution in [1.82, 2.24) is 25.1 Å². The van der Waals surface area contributed by atoms with Crippen LogP contribution in [0.4, 0.5) is 0 Å². The average Bonchev–Trinajstić information content (AvgIpc) is 3.19. The first-order valence-corrected chi connectivity index (χ1v) is 8.84. The van der Waals surface area contributed by atoms with E-state index < -0.39 is 0 Å². The molecule has 134 valence electrons. The molecule has 1 amide bonds. The van der Waals surface area contributed by atoms with Gasteiger partial charge in [0.1, 0.15) is 6.33 Å². The van der Waals surface area contributed by atoms with E-state index in [1.165, 1.54) is 11.9 Å². The van der Waals surface area contributed by atoms with Gasteiger partial charge in [0.25, 0.3) is 0 Å². The summed E-state index contributed by atoms with van der Waals surface area (Å²) in [7, 11) is 0. The maximum Gasteiger partial charge on any atom is 0.224 e. The molecule has 3 rings (SSSR count). The number of benzene rings is 1. The summed E-state index contributed by atoms with van der Waals surface area (Å²) in [5, 5.41) is 21.0. The van der Waals surface area contributed by atoms with Crippen molar-refractivity contribution in [3.8, 4) is 0 Å². The highest BCUT2D eigenvalue weighted by Gasteiger charge is 2.36. The molecule has 2 heterocycles. The Morgan fingerprint density at radius 2 is 2.12 bits per heavy atom. The zero-order valence-corrected chi connectivity index (χ0v) is 14.4. The van der Waals surface area contributed by atoms with E-state index in [0.717, 1.165) is 32.2 Å². The van der Waals surface area contributed by atoms with Gasteiger partial charge in [-0.2, -0.15) is 0 Å². The molecule has 1 atom stereocenters. The molecular formula is C18H25N5O2. The van der Waals surface area contributed by atoms with Gasteiger partial charge in [0.05, 0.1) is 13.2 Å². The highest BCUT2D eigenvalue weighted by molar-refractivity contribution is 5.76. The van der Waals surface area contributed by atoms with Crippen molar-refractivity contribution in [2.24, 2.45) is 5.41 Å². The first-order valence-electron chi connectivity index (χ1n) is 8.84. The largest absolute Gasteiger partial charge is 0.396 e. The minimum atomic E-state index is -0.196. The Morgan fingerprint density at radius 1 is 1.28 bits per heavy atom. The molecule has 0 unspecified atom stereocenters. The Kier molecular flexibility index (Phi) is 5.75. The standard InChI is InChI=1S/C18H25N5O2/c24-14-18(10-7-16-5-2-1-3-6-16)9-4-11-22(13-18)17(25)8-12-23-15-19-20-21-23/h1-3,5-6,15,24H,4,7-14H2/t18-/m0/s1. The molecule has 1 fully saturated rings. The molecule has 1 aliphatic heterocycles. The number of amides is 1. The van der Waals surface area contributed by atoms with Crippen LogP contribution in [-0.4, -0.2) is 55.8 Å². The lowest BCUT2D eigenvalue weighted by molar-refractivity contribution is -0.136. The van der Waals surface area contributed by atoms with Crippen molar-refractivity contribution in [2.75, 3.05) is 19.7 Å².